The van der Waals surface area contributed by atoms with Gasteiger partial charge in [0.2, 0.25) is 0 Å². The van der Waals surface area contributed by atoms with Gasteiger partial charge < -0.3 is 4.52 Å². The summed E-state index contributed by atoms with van der Waals surface area (Å²) in [4.78, 5) is 13.1. The van der Waals surface area contributed by atoms with Crippen molar-refractivity contribution in [1.29, 1.82) is 0 Å². The van der Waals surface area contributed by atoms with Crippen LogP contribution in [0.2, 0.25) is 5.02 Å². The van der Waals surface area contributed by atoms with Gasteiger partial charge in [0.15, 0.2) is 0 Å². The topological polar surface area (TPSA) is 51.4 Å². The van der Waals surface area contributed by atoms with E-state index in [1.165, 1.54) is 0 Å². The Labute approximate surface area is 155 Å². The Morgan fingerprint density at radius 1 is 1.15 bits per heavy atom. The molecule has 4 aromatic rings. The molecule has 0 atom stereocenters. The van der Waals surface area contributed by atoms with Gasteiger partial charge in [0.05, 0.1) is 17.5 Å². The Kier molecular flexibility index (Phi) is 4.09. The second kappa shape index (κ2) is 6.42. The molecule has 0 aliphatic heterocycles. The van der Waals surface area contributed by atoms with E-state index in [1.54, 1.807) is 10.6 Å². The monoisotopic (exact) mass is 366 g/mol. The van der Waals surface area contributed by atoms with Gasteiger partial charge in [0, 0.05) is 16.7 Å². The van der Waals surface area contributed by atoms with Crippen LogP contribution in [0, 0.1) is 13.8 Å². The second-order valence-electron chi connectivity index (χ2n) is 6.20. The number of hydrogen-bond donors (Lipinski definition) is 0. The number of aromatic nitrogens is 3. The Morgan fingerprint density at radius 3 is 2.65 bits per heavy atom. The highest BCUT2D eigenvalue weighted by Gasteiger charge is 2.22. The number of halogens is 1. The summed E-state index contributed by atoms with van der Waals surface area (Å²) in [6, 6.07) is 13.4. The molecule has 6 heteroatoms. The molecule has 0 aliphatic carbocycles. The zero-order valence-electron chi connectivity index (χ0n) is 14.4. The van der Waals surface area contributed by atoms with Crippen molar-refractivity contribution in [1.82, 2.24) is 9.56 Å². The first kappa shape index (κ1) is 16.5. The maximum Gasteiger partial charge on any atom is 0.350 e. The predicted octanol–water partition coefficient (Wildman–Crippen LogP) is 3.56. The van der Waals surface area contributed by atoms with Gasteiger partial charge in [-0.2, -0.15) is 4.40 Å². The third kappa shape index (κ3) is 2.70. The summed E-state index contributed by atoms with van der Waals surface area (Å²) < 4.78 is 8.92. The highest BCUT2D eigenvalue weighted by atomic mass is 35.5. The minimum atomic E-state index is -0.106. The van der Waals surface area contributed by atoms with Crippen molar-refractivity contribution >= 4 is 17.2 Å². The molecule has 0 amide bonds. The zero-order chi connectivity index (χ0) is 18.3. The zero-order valence-corrected chi connectivity index (χ0v) is 15.2. The molecule has 26 heavy (non-hydrogen) atoms. The molecule has 4 rings (SSSR count). The van der Waals surface area contributed by atoms with E-state index in [0.29, 0.717) is 28.6 Å². The molecule has 0 saturated carbocycles. The van der Waals surface area contributed by atoms with Crippen LogP contribution in [0.3, 0.4) is 0 Å². The average molecular weight is 367 g/mol. The lowest BCUT2D eigenvalue weighted by molar-refractivity contribution is -0.665. The third-order valence-electron chi connectivity index (χ3n) is 4.47. The van der Waals surface area contributed by atoms with E-state index in [9.17, 15) is 4.79 Å². The van der Waals surface area contributed by atoms with Gasteiger partial charge in [-0.25, -0.2) is 9.36 Å². The number of rotatable bonds is 3. The predicted molar refractivity (Wildman–Crippen MR) is 99.4 cm³/mol. The fraction of sp³-hybridized carbons (Fsp3) is 0.150. The summed E-state index contributed by atoms with van der Waals surface area (Å²) in [5, 5.41) is 4.68. The van der Waals surface area contributed by atoms with Gasteiger partial charge in [-0.15, -0.1) is 0 Å². The van der Waals surface area contributed by atoms with Crippen LogP contribution in [0.5, 0.6) is 0 Å². The van der Waals surface area contributed by atoms with E-state index in [0.717, 1.165) is 16.8 Å². The lowest BCUT2D eigenvalue weighted by Crippen LogP contribution is -2.40. The average Bonchev–Trinajstić information content (AvgIpc) is 2.98. The van der Waals surface area contributed by atoms with Gasteiger partial charge >= 0.3 is 5.56 Å². The van der Waals surface area contributed by atoms with Crippen LogP contribution in [0.4, 0.5) is 0 Å². The molecule has 0 spiro atoms. The van der Waals surface area contributed by atoms with Crippen molar-refractivity contribution < 1.29 is 9.09 Å². The molecule has 0 N–H and O–H groups in total. The maximum absolute atomic E-state index is 13.1. The molecular weight excluding hydrogens is 350 g/mol. The summed E-state index contributed by atoms with van der Waals surface area (Å²) in [6.07, 6.45) is 3.62. The van der Waals surface area contributed by atoms with Gasteiger partial charge in [-0.05, 0) is 26.0 Å². The maximum atomic E-state index is 13.1. The molecule has 0 unspecified atom stereocenters. The molecule has 130 valence electrons. The first-order valence-corrected chi connectivity index (χ1v) is 8.64. The first-order valence-electron chi connectivity index (χ1n) is 8.27. The molecule has 0 aliphatic rings. The fourth-order valence-corrected chi connectivity index (χ4v) is 3.42. The van der Waals surface area contributed by atoms with Gasteiger partial charge in [0.25, 0.3) is 5.65 Å². The molecule has 0 saturated heterocycles. The molecule has 5 nitrogen and oxygen atoms in total. The van der Waals surface area contributed by atoms with Crippen LogP contribution < -0.4 is 10.1 Å². The van der Waals surface area contributed by atoms with Crippen LogP contribution in [0.1, 0.15) is 17.0 Å². The molecule has 3 aromatic heterocycles. The van der Waals surface area contributed by atoms with Gasteiger partial charge in [0.1, 0.15) is 24.1 Å². The summed E-state index contributed by atoms with van der Waals surface area (Å²) in [7, 11) is 0. The number of nitrogens with zero attached hydrogens (tertiary/aromatic N) is 3. The van der Waals surface area contributed by atoms with E-state index < -0.39 is 0 Å². The van der Waals surface area contributed by atoms with Crippen molar-refractivity contribution in [3.8, 4) is 11.1 Å². The highest BCUT2D eigenvalue weighted by molar-refractivity contribution is 6.31. The SMILES string of the molecule is Cc1noc(C)c1-c1c[n+](Cc2ccccc2Cl)c2ccccn2c1=O. The summed E-state index contributed by atoms with van der Waals surface area (Å²) in [5.74, 6) is 0.625. The Hall–Kier alpha value is -2.92. The molecule has 3 heterocycles. The fourth-order valence-electron chi connectivity index (χ4n) is 3.22. The number of pyridine rings is 1. The van der Waals surface area contributed by atoms with E-state index in [2.05, 4.69) is 5.16 Å². The minimum Gasteiger partial charge on any atom is -0.361 e. The van der Waals surface area contributed by atoms with Crippen molar-refractivity contribution in [3.05, 3.63) is 87.3 Å². The number of fused-ring (bicyclic) bond motifs is 1. The van der Waals surface area contributed by atoms with Crippen molar-refractivity contribution in [2.75, 3.05) is 0 Å². The highest BCUT2D eigenvalue weighted by Crippen LogP contribution is 2.23. The Bertz CT molecular complexity index is 1160. The lowest BCUT2D eigenvalue weighted by Gasteiger charge is -2.08. The summed E-state index contributed by atoms with van der Waals surface area (Å²) in [5.41, 5.74) is 3.64. The van der Waals surface area contributed by atoms with Crippen LogP contribution >= 0.6 is 11.6 Å². The molecule has 1 aromatic carbocycles. The van der Waals surface area contributed by atoms with Crippen molar-refractivity contribution in [3.63, 3.8) is 0 Å². The van der Waals surface area contributed by atoms with Crippen molar-refractivity contribution in [2.45, 2.75) is 20.4 Å². The standard InChI is InChI=1S/C20H17ClN3O2/c1-13-19(14(2)26-22-13)16-12-23(11-15-7-3-4-8-17(15)21)18-9-5-6-10-24(18)20(16)25/h3-10,12H,11H2,1-2H3/q+1. The number of hydrogen-bond acceptors (Lipinski definition) is 3. The normalized spacial score (nSPS) is 11.2. The quantitative estimate of drug-likeness (QED) is 0.521. The second-order valence-corrected chi connectivity index (χ2v) is 6.60. The molecular formula is C20H17ClN3O2+. The Balaban J connectivity index is 2.00. The van der Waals surface area contributed by atoms with Crippen molar-refractivity contribution in [2.24, 2.45) is 0 Å². The van der Waals surface area contributed by atoms with E-state index in [1.807, 2.05) is 67.1 Å². The first-order chi connectivity index (χ1) is 12.6. The van der Waals surface area contributed by atoms with E-state index in [4.69, 9.17) is 16.1 Å². The molecule has 0 fully saturated rings. The smallest absolute Gasteiger partial charge is 0.350 e. The van der Waals surface area contributed by atoms with E-state index >= 15 is 0 Å². The van der Waals surface area contributed by atoms with Crippen LogP contribution in [-0.4, -0.2) is 9.56 Å². The van der Waals surface area contributed by atoms with Crippen LogP contribution in [0.25, 0.3) is 16.8 Å². The minimum absolute atomic E-state index is 0.106. The summed E-state index contributed by atoms with van der Waals surface area (Å²) in [6.45, 7) is 4.19. The lowest BCUT2D eigenvalue weighted by atomic mass is 10.1. The summed E-state index contributed by atoms with van der Waals surface area (Å²) >= 11 is 6.34. The Morgan fingerprint density at radius 2 is 1.92 bits per heavy atom. The van der Waals surface area contributed by atoms with Crippen LogP contribution in [-0.2, 0) is 6.54 Å². The third-order valence-corrected chi connectivity index (χ3v) is 4.84. The number of benzene rings is 1. The van der Waals surface area contributed by atoms with Gasteiger partial charge in [-0.3, -0.25) is 0 Å². The molecule has 0 bridgehead atoms. The number of aryl methyl sites for hydroxylation is 2. The van der Waals surface area contributed by atoms with Crippen LogP contribution in [0.15, 0.2) is 64.2 Å². The van der Waals surface area contributed by atoms with E-state index in [-0.39, 0.29) is 5.56 Å². The van der Waals surface area contributed by atoms with Gasteiger partial charge in [-0.1, -0.05) is 41.0 Å². The largest absolute Gasteiger partial charge is 0.361 e. The molecule has 0 radical (unpaired) electrons.